The maximum Gasteiger partial charge on any atom is 0.322 e. The topological polar surface area (TPSA) is 80.5 Å². The number of carbonyl (C=O) groups excluding carboxylic acids is 1. The fraction of sp³-hybridized carbons (Fsp3) is 0.174. The zero-order valence-electron chi connectivity index (χ0n) is 16.8. The Labute approximate surface area is 174 Å². The molecule has 1 aliphatic rings. The Morgan fingerprint density at radius 2 is 1.93 bits per heavy atom. The van der Waals surface area contributed by atoms with Crippen LogP contribution in [0, 0.1) is 0 Å². The SMILES string of the molecule is C=CCN1C(=O)NC(c2ccc(OC)cc2)C(c2nc(-c3ccccc3)no2)=C1C. The van der Waals surface area contributed by atoms with E-state index in [0.717, 1.165) is 28.1 Å². The molecule has 1 unspecified atom stereocenters. The van der Waals surface area contributed by atoms with Crippen LogP contribution in [0.2, 0.25) is 0 Å². The van der Waals surface area contributed by atoms with Crippen LogP contribution in [0.25, 0.3) is 17.0 Å². The predicted molar refractivity (Wildman–Crippen MR) is 113 cm³/mol. The average Bonchev–Trinajstić information content (AvgIpc) is 3.26. The fourth-order valence-electron chi connectivity index (χ4n) is 3.49. The first-order chi connectivity index (χ1) is 14.6. The Bertz CT molecular complexity index is 1090. The molecule has 2 amide bonds. The number of carbonyl (C=O) groups is 1. The van der Waals surface area contributed by atoms with Gasteiger partial charge in [-0.05, 0) is 24.6 Å². The molecule has 30 heavy (non-hydrogen) atoms. The second-order valence-electron chi connectivity index (χ2n) is 6.84. The lowest BCUT2D eigenvalue weighted by molar-refractivity contribution is 0.209. The van der Waals surface area contributed by atoms with Crippen molar-refractivity contribution in [3.63, 3.8) is 0 Å². The summed E-state index contributed by atoms with van der Waals surface area (Å²) in [7, 11) is 1.61. The molecular formula is C23H22N4O3. The van der Waals surface area contributed by atoms with Crippen molar-refractivity contribution >= 4 is 11.6 Å². The van der Waals surface area contributed by atoms with Crippen molar-refractivity contribution in [3.05, 3.63) is 84.4 Å². The Kier molecular flexibility index (Phi) is 5.34. The molecule has 0 spiro atoms. The normalized spacial score (nSPS) is 16.4. The maximum atomic E-state index is 12.7. The van der Waals surface area contributed by atoms with Gasteiger partial charge in [-0.1, -0.05) is 53.7 Å². The molecule has 1 N–H and O–H groups in total. The van der Waals surface area contributed by atoms with Gasteiger partial charge in [0.15, 0.2) is 0 Å². The largest absolute Gasteiger partial charge is 0.497 e. The zero-order chi connectivity index (χ0) is 21.1. The predicted octanol–water partition coefficient (Wildman–Crippen LogP) is 4.43. The monoisotopic (exact) mass is 402 g/mol. The number of nitrogens with zero attached hydrogens (tertiary/aromatic N) is 3. The standard InChI is InChI=1S/C23H22N4O3/c1-4-14-27-15(2)19(22-25-21(26-30-22)17-8-6-5-7-9-17)20(24-23(27)28)16-10-12-18(29-3)13-11-16/h4-13,20H,1,14H2,2-3H3,(H,24,28). The van der Waals surface area contributed by atoms with Crippen LogP contribution in [0.4, 0.5) is 4.79 Å². The van der Waals surface area contributed by atoms with Crippen LogP contribution in [0.3, 0.4) is 0 Å². The van der Waals surface area contributed by atoms with Crippen molar-refractivity contribution in [2.75, 3.05) is 13.7 Å². The molecule has 7 nitrogen and oxygen atoms in total. The summed E-state index contributed by atoms with van der Waals surface area (Å²) in [6.45, 7) is 6.00. The van der Waals surface area contributed by atoms with E-state index in [1.165, 1.54) is 0 Å². The van der Waals surface area contributed by atoms with Crippen molar-refractivity contribution in [1.29, 1.82) is 0 Å². The molecule has 152 valence electrons. The van der Waals surface area contributed by atoms with Crippen LogP contribution in [-0.4, -0.2) is 34.7 Å². The minimum absolute atomic E-state index is 0.209. The lowest BCUT2D eigenvalue weighted by atomic mass is 9.94. The summed E-state index contributed by atoms with van der Waals surface area (Å²) in [4.78, 5) is 19.0. The van der Waals surface area contributed by atoms with Crippen LogP contribution in [0.5, 0.6) is 5.75 Å². The smallest absolute Gasteiger partial charge is 0.322 e. The number of benzene rings is 2. The number of hydrogen-bond acceptors (Lipinski definition) is 5. The first kappa shape index (κ1) is 19.4. The van der Waals surface area contributed by atoms with E-state index in [0.29, 0.717) is 18.3 Å². The highest BCUT2D eigenvalue weighted by molar-refractivity contribution is 5.87. The van der Waals surface area contributed by atoms with Gasteiger partial charge in [-0.3, -0.25) is 4.90 Å². The lowest BCUT2D eigenvalue weighted by Gasteiger charge is -2.34. The average molecular weight is 402 g/mol. The maximum absolute atomic E-state index is 12.7. The van der Waals surface area contributed by atoms with Crippen LogP contribution in [0.15, 0.2) is 77.5 Å². The van der Waals surface area contributed by atoms with Crippen molar-refractivity contribution in [3.8, 4) is 17.1 Å². The van der Waals surface area contributed by atoms with E-state index in [9.17, 15) is 4.79 Å². The molecule has 0 saturated heterocycles. The van der Waals surface area contributed by atoms with Crippen molar-refractivity contribution in [2.24, 2.45) is 0 Å². The van der Waals surface area contributed by atoms with Gasteiger partial charge in [-0.25, -0.2) is 4.79 Å². The van der Waals surface area contributed by atoms with Gasteiger partial charge in [0.2, 0.25) is 5.82 Å². The minimum Gasteiger partial charge on any atom is -0.497 e. The minimum atomic E-state index is -0.437. The zero-order valence-corrected chi connectivity index (χ0v) is 16.8. The molecule has 1 aromatic heterocycles. The van der Waals surface area contributed by atoms with E-state index in [1.807, 2.05) is 61.5 Å². The van der Waals surface area contributed by atoms with Gasteiger partial charge in [-0.15, -0.1) is 6.58 Å². The van der Waals surface area contributed by atoms with Crippen LogP contribution in [-0.2, 0) is 0 Å². The van der Waals surface area contributed by atoms with Crippen molar-refractivity contribution < 1.29 is 14.1 Å². The van der Waals surface area contributed by atoms with E-state index in [2.05, 4.69) is 22.0 Å². The van der Waals surface area contributed by atoms with E-state index in [4.69, 9.17) is 9.26 Å². The number of methoxy groups -OCH3 is 1. The molecule has 3 aromatic rings. The Morgan fingerprint density at radius 3 is 2.60 bits per heavy atom. The molecule has 0 aliphatic carbocycles. The highest BCUT2D eigenvalue weighted by atomic mass is 16.5. The van der Waals surface area contributed by atoms with Gasteiger partial charge in [0.25, 0.3) is 5.89 Å². The number of urea groups is 1. The summed E-state index contributed by atoms with van der Waals surface area (Å²) in [5.41, 5.74) is 3.23. The second kappa shape index (κ2) is 8.24. The van der Waals surface area contributed by atoms with Gasteiger partial charge in [0.05, 0.1) is 18.7 Å². The number of aromatic nitrogens is 2. The highest BCUT2D eigenvalue weighted by Crippen LogP contribution is 2.37. The molecule has 0 saturated carbocycles. The number of allylic oxidation sites excluding steroid dienone is 1. The third kappa shape index (κ3) is 3.57. The number of amides is 2. The lowest BCUT2D eigenvalue weighted by Crippen LogP contribution is -2.46. The van der Waals surface area contributed by atoms with Gasteiger partial charge < -0.3 is 14.6 Å². The molecule has 0 bridgehead atoms. The summed E-state index contributed by atoms with van der Waals surface area (Å²) < 4.78 is 10.9. The number of ether oxygens (including phenoxy) is 1. The first-order valence-electron chi connectivity index (χ1n) is 9.55. The van der Waals surface area contributed by atoms with Gasteiger partial charge >= 0.3 is 6.03 Å². The first-order valence-corrected chi connectivity index (χ1v) is 9.55. The summed E-state index contributed by atoms with van der Waals surface area (Å²) >= 11 is 0. The quantitative estimate of drug-likeness (QED) is 0.617. The molecule has 0 fully saturated rings. The van der Waals surface area contributed by atoms with Gasteiger partial charge in [0, 0.05) is 17.8 Å². The van der Waals surface area contributed by atoms with Gasteiger partial charge in [-0.2, -0.15) is 4.98 Å². The van der Waals surface area contributed by atoms with Crippen LogP contribution >= 0.6 is 0 Å². The van der Waals surface area contributed by atoms with E-state index in [-0.39, 0.29) is 6.03 Å². The highest BCUT2D eigenvalue weighted by Gasteiger charge is 2.35. The number of rotatable bonds is 6. The molecule has 0 radical (unpaired) electrons. The summed E-state index contributed by atoms with van der Waals surface area (Å²) in [5, 5.41) is 7.20. The Balaban J connectivity index is 1.81. The van der Waals surface area contributed by atoms with E-state index in [1.54, 1.807) is 18.1 Å². The van der Waals surface area contributed by atoms with Crippen molar-refractivity contribution in [2.45, 2.75) is 13.0 Å². The molecule has 2 aromatic carbocycles. The van der Waals surface area contributed by atoms with E-state index >= 15 is 0 Å². The molecule has 7 heteroatoms. The summed E-state index contributed by atoms with van der Waals surface area (Å²) in [6, 6.07) is 16.5. The summed E-state index contributed by atoms with van der Waals surface area (Å²) in [6.07, 6.45) is 1.68. The van der Waals surface area contributed by atoms with Crippen LogP contribution in [0.1, 0.15) is 24.4 Å². The molecule has 1 atom stereocenters. The number of hydrogen-bond donors (Lipinski definition) is 1. The molecule has 2 heterocycles. The van der Waals surface area contributed by atoms with Crippen LogP contribution < -0.4 is 10.1 Å². The fourth-order valence-corrected chi connectivity index (χ4v) is 3.49. The van der Waals surface area contributed by atoms with E-state index < -0.39 is 6.04 Å². The third-order valence-electron chi connectivity index (χ3n) is 5.05. The van der Waals surface area contributed by atoms with Crippen molar-refractivity contribution in [1.82, 2.24) is 20.4 Å². The third-order valence-corrected chi connectivity index (χ3v) is 5.05. The Morgan fingerprint density at radius 1 is 1.20 bits per heavy atom. The summed E-state index contributed by atoms with van der Waals surface area (Å²) in [5.74, 6) is 1.59. The van der Waals surface area contributed by atoms with Gasteiger partial charge in [0.1, 0.15) is 5.75 Å². The molecule has 1 aliphatic heterocycles. The molecule has 4 rings (SSSR count). The Hall–Kier alpha value is -3.87. The number of nitrogens with one attached hydrogen (secondary N) is 1. The molecular weight excluding hydrogens is 380 g/mol. The second-order valence-corrected chi connectivity index (χ2v) is 6.84.